The van der Waals surface area contributed by atoms with Gasteiger partial charge in [-0.05, 0) is 49.9 Å². The van der Waals surface area contributed by atoms with Crippen LogP contribution in [0.2, 0.25) is 0 Å². The van der Waals surface area contributed by atoms with Crippen LogP contribution in [-0.2, 0) is 0 Å². The number of hydrogen-bond donors (Lipinski definition) is 1. The highest BCUT2D eigenvalue weighted by Crippen LogP contribution is 2.39. The van der Waals surface area contributed by atoms with Gasteiger partial charge in [0.2, 0.25) is 5.75 Å². The molecule has 0 aliphatic carbocycles. The molecule has 0 fully saturated rings. The molecule has 0 aliphatic rings. The molecule has 1 atom stereocenters. The SMILES string of the molecule is CCOc1cc(C(=O)NC(c2ccccc2)c2cccs2)cc(OCC)c1OCC. The normalized spacial score (nSPS) is 11.6. The van der Waals surface area contributed by atoms with Gasteiger partial charge in [0.25, 0.3) is 5.91 Å². The van der Waals surface area contributed by atoms with Gasteiger partial charge in [0.05, 0.1) is 25.9 Å². The van der Waals surface area contributed by atoms with E-state index in [9.17, 15) is 4.79 Å². The monoisotopic (exact) mass is 425 g/mol. The van der Waals surface area contributed by atoms with Crippen LogP contribution < -0.4 is 19.5 Å². The molecule has 0 bridgehead atoms. The second kappa shape index (κ2) is 10.7. The van der Waals surface area contributed by atoms with Gasteiger partial charge in [-0.2, -0.15) is 0 Å². The standard InChI is InChI=1S/C24H27NO4S/c1-4-27-19-15-18(16-20(28-5-2)23(19)29-6-3)24(26)25-22(21-13-10-14-30-21)17-11-8-7-9-12-17/h7-16,22H,4-6H2,1-3H3,(H,25,26). The lowest BCUT2D eigenvalue weighted by atomic mass is 10.0. The molecule has 0 spiro atoms. The van der Waals surface area contributed by atoms with Gasteiger partial charge < -0.3 is 19.5 Å². The lowest BCUT2D eigenvalue weighted by Crippen LogP contribution is -2.29. The van der Waals surface area contributed by atoms with Crippen LogP contribution in [0.15, 0.2) is 60.0 Å². The Morgan fingerprint density at radius 3 is 2.07 bits per heavy atom. The van der Waals surface area contributed by atoms with E-state index in [1.165, 1.54) is 0 Å². The van der Waals surface area contributed by atoms with E-state index in [0.717, 1.165) is 10.4 Å². The molecule has 158 valence electrons. The van der Waals surface area contributed by atoms with Crippen molar-refractivity contribution >= 4 is 17.2 Å². The molecule has 1 aromatic heterocycles. The second-order valence-electron chi connectivity index (χ2n) is 6.43. The summed E-state index contributed by atoms with van der Waals surface area (Å²) in [6, 6.07) is 17.1. The lowest BCUT2D eigenvalue weighted by molar-refractivity contribution is 0.0942. The zero-order valence-electron chi connectivity index (χ0n) is 17.5. The van der Waals surface area contributed by atoms with Crippen molar-refractivity contribution < 1.29 is 19.0 Å². The lowest BCUT2D eigenvalue weighted by Gasteiger charge is -2.20. The molecule has 0 saturated heterocycles. The van der Waals surface area contributed by atoms with E-state index in [1.54, 1.807) is 23.5 Å². The summed E-state index contributed by atoms with van der Waals surface area (Å²) in [6.07, 6.45) is 0. The zero-order chi connectivity index (χ0) is 21.3. The summed E-state index contributed by atoms with van der Waals surface area (Å²) in [5.41, 5.74) is 1.48. The maximum Gasteiger partial charge on any atom is 0.252 e. The molecule has 5 nitrogen and oxygen atoms in total. The van der Waals surface area contributed by atoms with Crippen LogP contribution in [-0.4, -0.2) is 25.7 Å². The van der Waals surface area contributed by atoms with Crippen molar-refractivity contribution in [3.8, 4) is 17.2 Å². The minimum Gasteiger partial charge on any atom is -0.490 e. The first-order chi connectivity index (χ1) is 14.7. The van der Waals surface area contributed by atoms with Crippen LogP contribution in [0, 0.1) is 0 Å². The molecular weight excluding hydrogens is 398 g/mol. The fraction of sp³-hybridized carbons (Fsp3) is 0.292. The van der Waals surface area contributed by atoms with Crippen LogP contribution in [0.5, 0.6) is 17.2 Å². The van der Waals surface area contributed by atoms with Gasteiger partial charge in [0.15, 0.2) is 11.5 Å². The van der Waals surface area contributed by atoms with Gasteiger partial charge >= 0.3 is 0 Å². The number of ether oxygens (including phenoxy) is 3. The quantitative estimate of drug-likeness (QED) is 0.468. The highest BCUT2D eigenvalue weighted by Gasteiger charge is 2.22. The summed E-state index contributed by atoms with van der Waals surface area (Å²) in [5, 5.41) is 5.17. The topological polar surface area (TPSA) is 56.8 Å². The molecule has 3 rings (SSSR count). The molecular formula is C24H27NO4S. The number of thiophene rings is 1. The number of nitrogens with one attached hydrogen (secondary N) is 1. The number of hydrogen-bond acceptors (Lipinski definition) is 5. The largest absolute Gasteiger partial charge is 0.490 e. The molecule has 1 unspecified atom stereocenters. The molecule has 0 radical (unpaired) electrons. The van der Waals surface area contributed by atoms with Crippen LogP contribution in [0.4, 0.5) is 0 Å². The second-order valence-corrected chi connectivity index (χ2v) is 7.41. The number of benzene rings is 2. The number of carbonyl (C=O) groups is 1. The smallest absolute Gasteiger partial charge is 0.252 e. The van der Waals surface area contributed by atoms with Crippen molar-refractivity contribution in [2.24, 2.45) is 0 Å². The van der Waals surface area contributed by atoms with E-state index >= 15 is 0 Å². The maximum atomic E-state index is 13.2. The maximum absolute atomic E-state index is 13.2. The number of carbonyl (C=O) groups excluding carboxylic acids is 1. The first-order valence-electron chi connectivity index (χ1n) is 10.1. The van der Waals surface area contributed by atoms with Crippen molar-refractivity contribution in [2.45, 2.75) is 26.8 Å². The molecule has 1 N–H and O–H groups in total. The minimum absolute atomic E-state index is 0.206. The van der Waals surface area contributed by atoms with Gasteiger partial charge in [0.1, 0.15) is 0 Å². The fourth-order valence-corrected chi connectivity index (χ4v) is 3.96. The van der Waals surface area contributed by atoms with E-state index in [0.29, 0.717) is 42.6 Å². The molecule has 3 aromatic rings. The average Bonchev–Trinajstić information content (AvgIpc) is 3.29. The third-order valence-corrected chi connectivity index (χ3v) is 5.34. The van der Waals surface area contributed by atoms with Crippen molar-refractivity contribution in [3.05, 3.63) is 76.0 Å². The summed E-state index contributed by atoms with van der Waals surface area (Å²) in [6.45, 7) is 7.07. The van der Waals surface area contributed by atoms with Crippen LogP contribution in [0.1, 0.15) is 47.6 Å². The van der Waals surface area contributed by atoms with Gasteiger partial charge in [-0.15, -0.1) is 11.3 Å². The Balaban J connectivity index is 1.96. The molecule has 0 saturated carbocycles. The fourth-order valence-electron chi connectivity index (χ4n) is 3.15. The van der Waals surface area contributed by atoms with E-state index in [2.05, 4.69) is 5.32 Å². The Morgan fingerprint density at radius 1 is 0.900 bits per heavy atom. The predicted octanol–water partition coefficient (Wildman–Crippen LogP) is 5.46. The van der Waals surface area contributed by atoms with Crippen LogP contribution >= 0.6 is 11.3 Å². The van der Waals surface area contributed by atoms with E-state index in [1.807, 2.05) is 68.6 Å². The van der Waals surface area contributed by atoms with Crippen molar-refractivity contribution in [1.29, 1.82) is 0 Å². The summed E-state index contributed by atoms with van der Waals surface area (Å²) < 4.78 is 17.2. The summed E-state index contributed by atoms with van der Waals surface area (Å²) in [4.78, 5) is 14.3. The Bertz CT molecular complexity index is 914. The molecule has 6 heteroatoms. The third-order valence-electron chi connectivity index (χ3n) is 4.41. The Labute approximate surface area is 181 Å². The number of amides is 1. The van der Waals surface area contributed by atoms with E-state index in [4.69, 9.17) is 14.2 Å². The molecule has 1 amide bonds. The summed E-state index contributed by atoms with van der Waals surface area (Å²) in [5.74, 6) is 1.32. The first-order valence-corrected chi connectivity index (χ1v) is 11.0. The van der Waals surface area contributed by atoms with Crippen molar-refractivity contribution in [3.63, 3.8) is 0 Å². The van der Waals surface area contributed by atoms with Gasteiger partial charge in [-0.25, -0.2) is 0 Å². The molecule has 1 heterocycles. The highest BCUT2D eigenvalue weighted by atomic mass is 32.1. The van der Waals surface area contributed by atoms with Gasteiger partial charge in [-0.1, -0.05) is 36.4 Å². The highest BCUT2D eigenvalue weighted by molar-refractivity contribution is 7.10. The van der Waals surface area contributed by atoms with Gasteiger partial charge in [0, 0.05) is 10.4 Å². The van der Waals surface area contributed by atoms with Gasteiger partial charge in [-0.3, -0.25) is 4.79 Å². The predicted molar refractivity (Wildman–Crippen MR) is 120 cm³/mol. The zero-order valence-corrected chi connectivity index (χ0v) is 18.3. The Hall–Kier alpha value is -2.99. The van der Waals surface area contributed by atoms with Crippen LogP contribution in [0.3, 0.4) is 0 Å². The molecule has 2 aromatic carbocycles. The van der Waals surface area contributed by atoms with E-state index < -0.39 is 0 Å². The number of rotatable bonds is 10. The first kappa shape index (κ1) is 21.7. The average molecular weight is 426 g/mol. The Morgan fingerprint density at radius 2 is 1.53 bits per heavy atom. The van der Waals surface area contributed by atoms with E-state index in [-0.39, 0.29) is 11.9 Å². The van der Waals surface area contributed by atoms with Crippen LogP contribution in [0.25, 0.3) is 0 Å². The molecule has 30 heavy (non-hydrogen) atoms. The summed E-state index contributed by atoms with van der Waals surface area (Å²) in [7, 11) is 0. The summed E-state index contributed by atoms with van der Waals surface area (Å²) >= 11 is 1.61. The molecule has 0 aliphatic heterocycles. The van der Waals surface area contributed by atoms with Crippen molar-refractivity contribution in [1.82, 2.24) is 5.32 Å². The minimum atomic E-state index is -0.239. The van der Waals surface area contributed by atoms with Crippen molar-refractivity contribution in [2.75, 3.05) is 19.8 Å². The Kier molecular flexibility index (Phi) is 7.74. The third kappa shape index (κ3) is 5.13.